The topological polar surface area (TPSA) is 60.4 Å². The molecule has 0 aliphatic rings. The number of halogens is 1. The fourth-order valence-electron chi connectivity index (χ4n) is 1.06. The quantitative estimate of drug-likeness (QED) is 0.234. The van der Waals surface area contributed by atoms with Gasteiger partial charge in [0.15, 0.2) is 5.78 Å². The first-order chi connectivity index (χ1) is 8.42. The van der Waals surface area contributed by atoms with Crippen LogP contribution in [0.25, 0.3) is 0 Å². The molecule has 0 aromatic carbocycles. The average molecular weight is 271 g/mol. The molecule has 0 aliphatic carbocycles. The van der Waals surface area contributed by atoms with E-state index in [0.717, 1.165) is 0 Å². The molecular formula is C13H15ClO4. The number of carbonyl (C=O) groups excluding carboxylic acids is 3. The van der Waals surface area contributed by atoms with Crippen molar-refractivity contribution in [3.05, 3.63) is 35.4 Å². The second-order valence-corrected chi connectivity index (χ2v) is 3.75. The van der Waals surface area contributed by atoms with Crippen molar-refractivity contribution in [2.24, 2.45) is 0 Å². The minimum absolute atomic E-state index is 0.0984. The summed E-state index contributed by atoms with van der Waals surface area (Å²) in [4.78, 5) is 34.1. The summed E-state index contributed by atoms with van der Waals surface area (Å²) < 4.78 is 4.50. The van der Waals surface area contributed by atoms with Gasteiger partial charge in [-0.1, -0.05) is 30.3 Å². The van der Waals surface area contributed by atoms with Crippen molar-refractivity contribution in [1.29, 1.82) is 0 Å². The zero-order chi connectivity index (χ0) is 14.1. The molecule has 0 radical (unpaired) electrons. The van der Waals surface area contributed by atoms with Crippen LogP contribution >= 0.6 is 11.6 Å². The Bertz CT molecular complexity index is 419. The van der Waals surface area contributed by atoms with Crippen LogP contribution in [-0.2, 0) is 19.1 Å². The van der Waals surface area contributed by atoms with Crippen molar-refractivity contribution in [3.8, 4) is 0 Å². The predicted molar refractivity (Wildman–Crippen MR) is 69.2 cm³/mol. The highest BCUT2D eigenvalue weighted by molar-refractivity contribution is 6.38. The van der Waals surface area contributed by atoms with E-state index in [2.05, 4.69) is 11.3 Å². The van der Waals surface area contributed by atoms with Gasteiger partial charge in [-0.05, 0) is 19.9 Å². The molecule has 0 aromatic rings. The summed E-state index contributed by atoms with van der Waals surface area (Å²) >= 11 is 5.52. The Hall–Kier alpha value is -1.68. The first kappa shape index (κ1) is 16.3. The van der Waals surface area contributed by atoms with Crippen LogP contribution in [0.4, 0.5) is 0 Å². The van der Waals surface area contributed by atoms with Gasteiger partial charge >= 0.3 is 5.97 Å². The van der Waals surface area contributed by atoms with Crippen LogP contribution in [-0.4, -0.2) is 24.1 Å². The molecule has 0 atom stereocenters. The van der Waals surface area contributed by atoms with Crippen LogP contribution in [0.5, 0.6) is 0 Å². The van der Waals surface area contributed by atoms with E-state index < -0.39 is 24.0 Å². The van der Waals surface area contributed by atoms with E-state index in [1.54, 1.807) is 13.8 Å². The van der Waals surface area contributed by atoms with Gasteiger partial charge in [0.05, 0.1) is 13.0 Å². The summed E-state index contributed by atoms with van der Waals surface area (Å²) in [5.41, 5.74) is 0.287. The molecule has 5 heteroatoms. The lowest BCUT2D eigenvalue weighted by molar-refractivity contribution is -0.154. The molecule has 0 heterocycles. The Morgan fingerprint density at radius 2 is 1.83 bits per heavy atom. The third-order valence-electron chi connectivity index (χ3n) is 1.90. The fourth-order valence-corrected chi connectivity index (χ4v) is 1.12. The van der Waals surface area contributed by atoms with Crippen molar-refractivity contribution in [1.82, 2.24) is 0 Å². The smallest absolute Gasteiger partial charge is 0.375 e. The number of rotatable bonds is 7. The Kier molecular flexibility index (Phi) is 7.63. The standard InChI is InChI=1S/C13H15ClO4/c1-4-10(7-6-9(3)14)11(15)8-12(16)13(17)18-5-2/h4,6-7H,3,5,8H2,1-2H3/b7-6-,10-4+. The summed E-state index contributed by atoms with van der Waals surface area (Å²) in [6.45, 7) is 6.76. The molecule has 0 bridgehead atoms. The lowest BCUT2D eigenvalue weighted by Crippen LogP contribution is -2.21. The van der Waals surface area contributed by atoms with Gasteiger partial charge in [0.1, 0.15) is 0 Å². The third-order valence-corrected chi connectivity index (χ3v) is 2.03. The van der Waals surface area contributed by atoms with E-state index in [9.17, 15) is 14.4 Å². The number of hydrogen-bond donors (Lipinski definition) is 0. The summed E-state index contributed by atoms with van der Waals surface area (Å²) in [6, 6.07) is 0. The second kappa shape index (κ2) is 8.42. The number of ether oxygens (including phenoxy) is 1. The molecule has 0 saturated carbocycles. The van der Waals surface area contributed by atoms with Crippen molar-refractivity contribution >= 4 is 29.1 Å². The molecule has 4 nitrogen and oxygen atoms in total. The summed E-state index contributed by atoms with van der Waals surface area (Å²) in [5, 5.41) is 0.263. The van der Waals surface area contributed by atoms with E-state index in [-0.39, 0.29) is 17.2 Å². The number of carbonyl (C=O) groups is 3. The van der Waals surface area contributed by atoms with Gasteiger partial charge in [0, 0.05) is 10.6 Å². The molecule has 0 fully saturated rings. The highest BCUT2D eigenvalue weighted by Gasteiger charge is 2.19. The Morgan fingerprint density at radius 3 is 2.28 bits per heavy atom. The summed E-state index contributed by atoms with van der Waals surface area (Å²) in [6.07, 6.45) is 3.88. The number of hydrogen-bond acceptors (Lipinski definition) is 4. The van der Waals surface area contributed by atoms with Gasteiger partial charge in [0.25, 0.3) is 0 Å². The zero-order valence-electron chi connectivity index (χ0n) is 10.4. The first-order valence-corrected chi connectivity index (χ1v) is 5.72. The van der Waals surface area contributed by atoms with Gasteiger partial charge in [-0.3, -0.25) is 9.59 Å². The fraction of sp³-hybridized carbons (Fsp3) is 0.308. The van der Waals surface area contributed by atoms with Crippen LogP contribution in [0.2, 0.25) is 0 Å². The van der Waals surface area contributed by atoms with Crippen LogP contribution < -0.4 is 0 Å². The third kappa shape index (κ3) is 6.15. The largest absolute Gasteiger partial charge is 0.460 e. The van der Waals surface area contributed by atoms with Gasteiger partial charge in [-0.25, -0.2) is 4.79 Å². The lowest BCUT2D eigenvalue weighted by atomic mass is 10.1. The van der Waals surface area contributed by atoms with Crippen LogP contribution in [0.3, 0.4) is 0 Å². The number of allylic oxidation sites excluding steroid dienone is 5. The van der Waals surface area contributed by atoms with Crippen molar-refractivity contribution in [2.45, 2.75) is 20.3 Å². The van der Waals surface area contributed by atoms with E-state index in [4.69, 9.17) is 11.6 Å². The minimum Gasteiger partial charge on any atom is -0.460 e. The van der Waals surface area contributed by atoms with E-state index in [1.807, 2.05) is 0 Å². The maximum atomic E-state index is 11.7. The monoisotopic (exact) mass is 270 g/mol. The Balaban J connectivity index is 4.60. The zero-order valence-corrected chi connectivity index (χ0v) is 11.1. The number of Topliss-reactive ketones (excluding diaryl/α,β-unsaturated/α-hetero) is 2. The molecule has 0 saturated heterocycles. The molecule has 0 spiro atoms. The molecule has 0 unspecified atom stereocenters. The van der Waals surface area contributed by atoms with Gasteiger partial charge < -0.3 is 4.74 Å². The van der Waals surface area contributed by atoms with E-state index >= 15 is 0 Å². The van der Waals surface area contributed by atoms with Crippen molar-refractivity contribution in [2.75, 3.05) is 6.61 Å². The molecule has 0 amide bonds. The lowest BCUT2D eigenvalue weighted by Gasteiger charge is -2.01. The SMILES string of the molecule is C=C(Cl)/C=C\C(=C/C)C(=O)CC(=O)C(=O)OCC. The second-order valence-electron chi connectivity index (χ2n) is 3.27. The predicted octanol–water partition coefficient (Wildman–Crippen LogP) is 2.33. The van der Waals surface area contributed by atoms with Gasteiger partial charge in [-0.2, -0.15) is 0 Å². The summed E-state index contributed by atoms with van der Waals surface area (Å²) in [5.74, 6) is -2.32. The average Bonchev–Trinajstić information content (AvgIpc) is 2.29. The molecular weight excluding hydrogens is 256 g/mol. The van der Waals surface area contributed by atoms with Gasteiger partial charge in [-0.15, -0.1) is 0 Å². The maximum Gasteiger partial charge on any atom is 0.375 e. The normalized spacial score (nSPS) is 11.4. The summed E-state index contributed by atoms with van der Waals surface area (Å²) in [7, 11) is 0. The van der Waals surface area contributed by atoms with E-state index in [1.165, 1.54) is 18.2 Å². The minimum atomic E-state index is -0.993. The maximum absolute atomic E-state index is 11.7. The van der Waals surface area contributed by atoms with Crippen LogP contribution in [0.1, 0.15) is 20.3 Å². The Morgan fingerprint density at radius 1 is 1.22 bits per heavy atom. The Labute approximate surface area is 111 Å². The van der Waals surface area contributed by atoms with Crippen LogP contribution in [0.15, 0.2) is 35.4 Å². The molecule has 98 valence electrons. The molecule has 0 N–H and O–H groups in total. The molecule has 0 aromatic heterocycles. The molecule has 0 aliphatic heterocycles. The first-order valence-electron chi connectivity index (χ1n) is 5.34. The number of esters is 1. The highest BCUT2D eigenvalue weighted by Crippen LogP contribution is 2.07. The molecule has 0 rings (SSSR count). The number of ketones is 2. The molecule has 18 heavy (non-hydrogen) atoms. The highest BCUT2D eigenvalue weighted by atomic mass is 35.5. The van der Waals surface area contributed by atoms with Gasteiger partial charge in [0.2, 0.25) is 5.78 Å². The van der Waals surface area contributed by atoms with Crippen molar-refractivity contribution in [3.63, 3.8) is 0 Å². The van der Waals surface area contributed by atoms with Crippen molar-refractivity contribution < 1.29 is 19.1 Å². The van der Waals surface area contributed by atoms with E-state index in [0.29, 0.717) is 0 Å². The van der Waals surface area contributed by atoms with Crippen LogP contribution in [0, 0.1) is 0 Å².